The smallest absolute Gasteiger partial charge is 0.236 e. The molecule has 4 nitrogen and oxygen atoms in total. The first-order chi connectivity index (χ1) is 7.19. The lowest BCUT2D eigenvalue weighted by atomic mass is 9.84. The Labute approximate surface area is 90.4 Å². The van der Waals surface area contributed by atoms with Gasteiger partial charge in [0.25, 0.3) is 0 Å². The third-order valence-electron chi connectivity index (χ3n) is 4.03. The molecule has 1 saturated heterocycles. The van der Waals surface area contributed by atoms with Gasteiger partial charge in [-0.3, -0.25) is 4.79 Å². The second-order valence-corrected chi connectivity index (χ2v) is 5.06. The molecule has 2 aliphatic rings. The van der Waals surface area contributed by atoms with E-state index in [1.54, 1.807) is 0 Å². The minimum Gasteiger partial charge on any atom is -0.396 e. The molecule has 0 radical (unpaired) electrons. The van der Waals surface area contributed by atoms with Crippen LogP contribution in [0.25, 0.3) is 0 Å². The average Bonchev–Trinajstić information content (AvgIpc) is 2.86. The normalized spacial score (nSPS) is 35.3. The third kappa shape index (κ3) is 2.01. The van der Waals surface area contributed by atoms with Crippen molar-refractivity contribution in [3.63, 3.8) is 0 Å². The first kappa shape index (κ1) is 10.9. The number of hydrogen-bond donors (Lipinski definition) is 2. The summed E-state index contributed by atoms with van der Waals surface area (Å²) in [4.78, 5) is 13.3. The first-order valence-electron chi connectivity index (χ1n) is 5.78. The van der Waals surface area contributed by atoms with Gasteiger partial charge < -0.3 is 15.7 Å². The van der Waals surface area contributed by atoms with Crippen LogP contribution in [-0.2, 0) is 4.79 Å². The lowest BCUT2D eigenvalue weighted by Crippen LogP contribution is -2.35. The first-order valence-corrected chi connectivity index (χ1v) is 5.78. The van der Waals surface area contributed by atoms with Gasteiger partial charge in [0, 0.05) is 19.7 Å². The van der Waals surface area contributed by atoms with Gasteiger partial charge >= 0.3 is 0 Å². The van der Waals surface area contributed by atoms with Gasteiger partial charge in [-0.15, -0.1) is 0 Å². The number of nitrogens with two attached hydrogens (primary N) is 1. The Morgan fingerprint density at radius 2 is 2.33 bits per heavy atom. The predicted molar refractivity (Wildman–Crippen MR) is 57.1 cm³/mol. The maximum atomic E-state index is 11.5. The third-order valence-corrected chi connectivity index (χ3v) is 4.03. The van der Waals surface area contributed by atoms with E-state index in [1.807, 2.05) is 4.90 Å². The summed E-state index contributed by atoms with van der Waals surface area (Å²) in [6.07, 6.45) is 4.45. The molecule has 0 unspecified atom stereocenters. The molecule has 2 fully saturated rings. The molecule has 1 spiro atoms. The molecule has 0 aromatic rings. The molecular weight excluding hydrogens is 192 g/mol. The van der Waals surface area contributed by atoms with Crippen LogP contribution in [0.3, 0.4) is 0 Å². The molecule has 1 amide bonds. The van der Waals surface area contributed by atoms with E-state index in [0.717, 1.165) is 38.8 Å². The minimum absolute atomic E-state index is 0.0688. The summed E-state index contributed by atoms with van der Waals surface area (Å²) in [7, 11) is 0. The van der Waals surface area contributed by atoms with Gasteiger partial charge in [-0.05, 0) is 37.0 Å². The second-order valence-electron chi connectivity index (χ2n) is 5.06. The van der Waals surface area contributed by atoms with E-state index in [9.17, 15) is 4.79 Å². The lowest BCUT2D eigenvalue weighted by Gasteiger charge is -2.23. The van der Waals surface area contributed by atoms with Crippen LogP contribution in [0.1, 0.15) is 25.7 Å². The lowest BCUT2D eigenvalue weighted by molar-refractivity contribution is -0.129. The molecule has 3 N–H and O–H groups in total. The van der Waals surface area contributed by atoms with Crippen molar-refractivity contribution in [2.45, 2.75) is 25.7 Å². The molecule has 1 heterocycles. The summed E-state index contributed by atoms with van der Waals surface area (Å²) in [5.41, 5.74) is 5.67. The highest BCUT2D eigenvalue weighted by molar-refractivity contribution is 5.78. The zero-order valence-electron chi connectivity index (χ0n) is 9.11. The van der Waals surface area contributed by atoms with Crippen molar-refractivity contribution in [2.75, 3.05) is 26.2 Å². The van der Waals surface area contributed by atoms with Crippen LogP contribution in [0, 0.1) is 11.3 Å². The molecule has 4 heteroatoms. The predicted octanol–water partition coefficient (Wildman–Crippen LogP) is -0.0438. The fourth-order valence-electron chi connectivity index (χ4n) is 3.13. The quantitative estimate of drug-likeness (QED) is 0.675. The maximum Gasteiger partial charge on any atom is 0.236 e. The summed E-state index contributed by atoms with van der Waals surface area (Å²) >= 11 is 0. The SMILES string of the molecule is NCC(=O)N1CC[C@]2(CC[C@@H](CO)C2)C1. The summed E-state index contributed by atoms with van der Waals surface area (Å²) in [5.74, 6) is 0.525. The van der Waals surface area contributed by atoms with Gasteiger partial charge in [-0.25, -0.2) is 0 Å². The average molecular weight is 212 g/mol. The monoisotopic (exact) mass is 212 g/mol. The highest BCUT2D eigenvalue weighted by Gasteiger charge is 2.44. The molecule has 15 heavy (non-hydrogen) atoms. The van der Waals surface area contributed by atoms with E-state index in [4.69, 9.17) is 10.8 Å². The van der Waals surface area contributed by atoms with Crippen molar-refractivity contribution in [3.05, 3.63) is 0 Å². The van der Waals surface area contributed by atoms with Crippen LogP contribution >= 0.6 is 0 Å². The van der Waals surface area contributed by atoms with Crippen LogP contribution < -0.4 is 5.73 Å². The van der Waals surface area contributed by atoms with E-state index in [1.165, 1.54) is 0 Å². The Morgan fingerprint density at radius 1 is 1.53 bits per heavy atom. The highest BCUT2D eigenvalue weighted by Crippen LogP contribution is 2.47. The van der Waals surface area contributed by atoms with Crippen molar-refractivity contribution in [3.8, 4) is 0 Å². The number of carbonyl (C=O) groups excluding carboxylic acids is 1. The van der Waals surface area contributed by atoms with Crippen LogP contribution in [0.2, 0.25) is 0 Å². The molecule has 1 aliphatic heterocycles. The number of likely N-dealkylation sites (tertiary alicyclic amines) is 1. The van der Waals surface area contributed by atoms with Crippen molar-refractivity contribution < 1.29 is 9.90 Å². The zero-order chi connectivity index (χ0) is 10.9. The Bertz CT molecular complexity index is 257. The molecule has 0 aromatic carbocycles. The second kappa shape index (κ2) is 4.10. The van der Waals surface area contributed by atoms with Gasteiger partial charge in [0.2, 0.25) is 5.91 Å². The Hall–Kier alpha value is -0.610. The molecule has 2 rings (SSSR count). The number of nitrogens with zero attached hydrogens (tertiary/aromatic N) is 1. The fraction of sp³-hybridized carbons (Fsp3) is 0.909. The summed E-state index contributed by atoms with van der Waals surface area (Å²) in [6.45, 7) is 2.14. The maximum absolute atomic E-state index is 11.5. The van der Waals surface area contributed by atoms with E-state index in [-0.39, 0.29) is 12.5 Å². The van der Waals surface area contributed by atoms with Gasteiger partial charge in [0.1, 0.15) is 0 Å². The summed E-state index contributed by atoms with van der Waals surface area (Å²) in [6, 6.07) is 0. The number of carbonyl (C=O) groups is 1. The van der Waals surface area contributed by atoms with Crippen molar-refractivity contribution in [1.29, 1.82) is 0 Å². The van der Waals surface area contributed by atoms with E-state index in [0.29, 0.717) is 17.9 Å². The molecule has 1 aliphatic carbocycles. The largest absolute Gasteiger partial charge is 0.396 e. The Kier molecular flexibility index (Phi) is 2.98. The molecule has 86 valence electrons. The topological polar surface area (TPSA) is 66.6 Å². The van der Waals surface area contributed by atoms with Crippen LogP contribution in [0.5, 0.6) is 0 Å². The van der Waals surface area contributed by atoms with Gasteiger partial charge in [0.15, 0.2) is 0 Å². The molecule has 0 bridgehead atoms. The van der Waals surface area contributed by atoms with Crippen LogP contribution in [0.15, 0.2) is 0 Å². The molecule has 0 aromatic heterocycles. The van der Waals surface area contributed by atoms with Crippen molar-refractivity contribution in [1.82, 2.24) is 4.90 Å². The van der Waals surface area contributed by atoms with Crippen molar-refractivity contribution >= 4 is 5.91 Å². The van der Waals surface area contributed by atoms with Gasteiger partial charge in [-0.2, -0.15) is 0 Å². The summed E-state index contributed by atoms with van der Waals surface area (Å²) in [5, 5.41) is 9.13. The van der Waals surface area contributed by atoms with Crippen LogP contribution in [-0.4, -0.2) is 42.2 Å². The number of rotatable bonds is 2. The number of aliphatic hydroxyl groups is 1. The fourth-order valence-corrected chi connectivity index (χ4v) is 3.13. The molecular formula is C11H20N2O2. The van der Waals surface area contributed by atoms with Crippen molar-refractivity contribution in [2.24, 2.45) is 17.1 Å². The minimum atomic E-state index is 0.0688. The standard InChI is InChI=1S/C11H20N2O2/c12-6-10(15)13-4-3-11(8-13)2-1-9(5-11)7-14/h9,14H,1-8,12H2/t9-,11+/m1/s1. The molecule has 1 saturated carbocycles. The number of hydrogen-bond acceptors (Lipinski definition) is 3. The van der Waals surface area contributed by atoms with Gasteiger partial charge in [0.05, 0.1) is 6.54 Å². The van der Waals surface area contributed by atoms with E-state index in [2.05, 4.69) is 0 Å². The molecule has 2 atom stereocenters. The van der Waals surface area contributed by atoms with Gasteiger partial charge in [-0.1, -0.05) is 0 Å². The summed E-state index contributed by atoms with van der Waals surface area (Å²) < 4.78 is 0. The van der Waals surface area contributed by atoms with E-state index >= 15 is 0 Å². The number of amides is 1. The highest BCUT2D eigenvalue weighted by atomic mass is 16.3. The Morgan fingerprint density at radius 3 is 2.93 bits per heavy atom. The zero-order valence-corrected chi connectivity index (χ0v) is 9.11. The number of aliphatic hydroxyl groups excluding tert-OH is 1. The Balaban J connectivity index is 1.94. The van der Waals surface area contributed by atoms with Crippen LogP contribution in [0.4, 0.5) is 0 Å². The van der Waals surface area contributed by atoms with E-state index < -0.39 is 0 Å².